The van der Waals surface area contributed by atoms with Gasteiger partial charge in [-0.1, -0.05) is 30.3 Å². The maximum absolute atomic E-state index is 12.8. The second kappa shape index (κ2) is 8.16. The van der Waals surface area contributed by atoms with E-state index in [1.807, 2.05) is 25.1 Å². The Kier molecular flexibility index (Phi) is 5.63. The van der Waals surface area contributed by atoms with Crippen molar-refractivity contribution in [3.05, 3.63) is 70.2 Å². The van der Waals surface area contributed by atoms with E-state index in [1.165, 1.54) is 16.6 Å². The summed E-state index contributed by atoms with van der Waals surface area (Å²) in [5.41, 5.74) is 2.47. The molecular weight excluding hydrogens is 392 g/mol. The van der Waals surface area contributed by atoms with Gasteiger partial charge in [0.15, 0.2) is 0 Å². The van der Waals surface area contributed by atoms with Gasteiger partial charge in [0.05, 0.1) is 6.20 Å². The second-order valence-electron chi connectivity index (χ2n) is 6.90. The molecule has 0 bridgehead atoms. The molecule has 6 nitrogen and oxygen atoms in total. The van der Waals surface area contributed by atoms with Crippen LogP contribution in [0.15, 0.2) is 59.1 Å². The summed E-state index contributed by atoms with van der Waals surface area (Å²) < 4.78 is 29.9. The topological polar surface area (TPSA) is 67.2 Å². The summed E-state index contributed by atoms with van der Waals surface area (Å²) in [7, 11) is -3.60. The van der Waals surface area contributed by atoms with Crippen molar-refractivity contribution in [3.63, 3.8) is 0 Å². The first-order valence-corrected chi connectivity index (χ1v) is 11.8. The molecule has 0 aliphatic carbocycles. The number of rotatable bonds is 7. The van der Waals surface area contributed by atoms with Gasteiger partial charge in [0.2, 0.25) is 10.0 Å². The van der Waals surface area contributed by atoms with E-state index in [-0.39, 0.29) is 10.9 Å². The van der Waals surface area contributed by atoms with Gasteiger partial charge in [0.1, 0.15) is 4.90 Å². The predicted molar refractivity (Wildman–Crippen MR) is 111 cm³/mol. The lowest BCUT2D eigenvalue weighted by atomic mass is 10.0. The molecule has 1 N–H and O–H groups in total. The van der Waals surface area contributed by atoms with Crippen LogP contribution >= 0.6 is 11.3 Å². The van der Waals surface area contributed by atoms with Crippen molar-refractivity contribution in [1.29, 1.82) is 0 Å². The molecule has 0 amide bonds. The van der Waals surface area contributed by atoms with Gasteiger partial charge >= 0.3 is 0 Å². The molecule has 1 atom stereocenters. The highest BCUT2D eigenvalue weighted by Crippen LogP contribution is 2.30. The Morgan fingerprint density at radius 2 is 2.07 bits per heavy atom. The van der Waals surface area contributed by atoms with Gasteiger partial charge in [-0.25, -0.2) is 13.1 Å². The number of aryl methyl sites for hydroxylation is 1. The van der Waals surface area contributed by atoms with Crippen molar-refractivity contribution in [2.45, 2.75) is 37.4 Å². The van der Waals surface area contributed by atoms with Crippen LogP contribution in [-0.4, -0.2) is 36.2 Å². The molecule has 1 unspecified atom stereocenters. The van der Waals surface area contributed by atoms with Gasteiger partial charge < -0.3 is 0 Å². The van der Waals surface area contributed by atoms with E-state index in [4.69, 9.17) is 0 Å². The van der Waals surface area contributed by atoms with Crippen molar-refractivity contribution in [2.24, 2.45) is 0 Å². The zero-order valence-electron chi connectivity index (χ0n) is 15.8. The highest BCUT2D eigenvalue weighted by atomic mass is 32.2. The van der Waals surface area contributed by atoms with Crippen LogP contribution in [0.5, 0.6) is 0 Å². The number of sulfonamides is 1. The Balaban J connectivity index is 1.55. The molecule has 148 valence electrons. The summed E-state index contributed by atoms with van der Waals surface area (Å²) >= 11 is 1.81. The summed E-state index contributed by atoms with van der Waals surface area (Å²) in [6, 6.07) is 12.3. The van der Waals surface area contributed by atoms with Crippen molar-refractivity contribution >= 4 is 21.4 Å². The van der Waals surface area contributed by atoms with Crippen LogP contribution in [-0.2, 0) is 29.5 Å². The largest absolute Gasteiger partial charge is 0.290 e. The van der Waals surface area contributed by atoms with Crippen LogP contribution < -0.4 is 4.72 Å². The molecule has 8 heteroatoms. The number of fused-ring (bicyclic) bond motifs is 1. The highest BCUT2D eigenvalue weighted by Gasteiger charge is 2.27. The van der Waals surface area contributed by atoms with Crippen LogP contribution in [0, 0.1) is 0 Å². The molecular formula is C20H24N4O2S2. The average Bonchev–Trinajstić information content (AvgIpc) is 3.38. The van der Waals surface area contributed by atoms with Gasteiger partial charge in [-0.2, -0.15) is 5.10 Å². The van der Waals surface area contributed by atoms with Crippen molar-refractivity contribution in [2.75, 3.05) is 13.1 Å². The Bertz CT molecular complexity index is 1030. The van der Waals surface area contributed by atoms with Crippen LogP contribution in [0.25, 0.3) is 0 Å². The smallest absolute Gasteiger partial charge is 0.243 e. The molecule has 0 spiro atoms. The fourth-order valence-electron chi connectivity index (χ4n) is 3.60. The van der Waals surface area contributed by atoms with E-state index in [0.29, 0.717) is 13.1 Å². The number of aromatic nitrogens is 2. The Morgan fingerprint density at radius 1 is 1.25 bits per heavy atom. The highest BCUT2D eigenvalue weighted by molar-refractivity contribution is 7.89. The molecule has 2 aromatic heterocycles. The van der Waals surface area contributed by atoms with E-state index in [2.05, 4.69) is 38.3 Å². The lowest BCUT2D eigenvalue weighted by Crippen LogP contribution is -2.40. The quantitative estimate of drug-likeness (QED) is 0.643. The summed E-state index contributed by atoms with van der Waals surface area (Å²) in [5, 5.41) is 6.22. The first-order chi connectivity index (χ1) is 13.6. The summed E-state index contributed by atoms with van der Waals surface area (Å²) in [6.45, 7) is 4.65. The molecule has 28 heavy (non-hydrogen) atoms. The lowest BCUT2D eigenvalue weighted by Gasteiger charge is -2.35. The number of hydrogen-bond donors (Lipinski definition) is 1. The number of nitrogens with one attached hydrogen (secondary N) is 1. The maximum atomic E-state index is 12.8. The zero-order chi connectivity index (χ0) is 19.6. The van der Waals surface area contributed by atoms with Crippen molar-refractivity contribution in [1.82, 2.24) is 19.4 Å². The van der Waals surface area contributed by atoms with E-state index in [1.54, 1.807) is 22.2 Å². The summed E-state index contributed by atoms with van der Waals surface area (Å²) in [4.78, 5) is 4.01. The number of hydrogen-bond acceptors (Lipinski definition) is 5. The fourth-order valence-corrected chi connectivity index (χ4v) is 5.48. The third-order valence-corrected chi connectivity index (χ3v) is 7.57. The van der Waals surface area contributed by atoms with Crippen LogP contribution in [0.1, 0.15) is 29.0 Å². The minimum Gasteiger partial charge on any atom is -0.290 e. The fraction of sp³-hybridized carbons (Fsp3) is 0.350. The van der Waals surface area contributed by atoms with Crippen LogP contribution in [0.2, 0.25) is 0 Å². The maximum Gasteiger partial charge on any atom is 0.243 e. The molecule has 1 aliphatic heterocycles. The first kappa shape index (κ1) is 19.3. The standard InChI is InChI=1S/C20H24N4O2S2/c1-2-24-15-18(12-21-24)28(25,26)22-13-19(16-6-4-3-5-7-16)23-10-8-20-17(14-23)9-11-27-20/h3-7,9,11-12,15,19,22H,2,8,10,13-14H2,1H3. The number of benzene rings is 1. The van der Waals surface area contributed by atoms with Gasteiger partial charge in [0.25, 0.3) is 0 Å². The third-order valence-electron chi connectivity index (χ3n) is 5.17. The first-order valence-electron chi connectivity index (χ1n) is 9.43. The molecule has 3 aromatic rings. The monoisotopic (exact) mass is 416 g/mol. The minimum atomic E-state index is -3.60. The average molecular weight is 417 g/mol. The third kappa shape index (κ3) is 4.05. The molecule has 1 aromatic carbocycles. The molecule has 4 rings (SSSR count). The summed E-state index contributed by atoms with van der Waals surface area (Å²) in [6.07, 6.45) is 3.98. The SMILES string of the molecule is CCn1cc(S(=O)(=O)NCC(c2ccccc2)N2CCc3sccc3C2)cn1. The van der Waals surface area contributed by atoms with E-state index >= 15 is 0 Å². The van der Waals surface area contributed by atoms with E-state index < -0.39 is 10.0 Å². The van der Waals surface area contributed by atoms with Crippen molar-refractivity contribution < 1.29 is 8.42 Å². The summed E-state index contributed by atoms with van der Waals surface area (Å²) in [5.74, 6) is 0. The lowest BCUT2D eigenvalue weighted by molar-refractivity contribution is 0.182. The molecule has 0 fully saturated rings. The van der Waals surface area contributed by atoms with Gasteiger partial charge in [-0.3, -0.25) is 9.58 Å². The molecule has 0 saturated carbocycles. The van der Waals surface area contributed by atoms with Gasteiger partial charge in [-0.05, 0) is 35.9 Å². The van der Waals surface area contributed by atoms with Crippen LogP contribution in [0.4, 0.5) is 0 Å². The molecule has 0 radical (unpaired) electrons. The number of thiophene rings is 1. The Morgan fingerprint density at radius 3 is 2.82 bits per heavy atom. The molecule has 3 heterocycles. The Labute approximate surface area is 169 Å². The molecule has 1 aliphatic rings. The van der Waals surface area contributed by atoms with E-state index in [9.17, 15) is 8.42 Å². The van der Waals surface area contributed by atoms with E-state index in [0.717, 1.165) is 25.1 Å². The van der Waals surface area contributed by atoms with Gasteiger partial charge in [-0.15, -0.1) is 11.3 Å². The van der Waals surface area contributed by atoms with Gasteiger partial charge in [0, 0.05) is 43.3 Å². The van der Waals surface area contributed by atoms with Crippen molar-refractivity contribution in [3.8, 4) is 0 Å². The second-order valence-corrected chi connectivity index (χ2v) is 9.67. The molecule has 0 saturated heterocycles. The predicted octanol–water partition coefficient (Wildman–Crippen LogP) is 3.04. The normalized spacial score (nSPS) is 16.0. The van der Waals surface area contributed by atoms with Crippen LogP contribution in [0.3, 0.4) is 0 Å². The minimum absolute atomic E-state index is 0.0229. The zero-order valence-corrected chi connectivity index (χ0v) is 17.4. The Hall–Kier alpha value is -2.00. The number of nitrogens with zero attached hydrogens (tertiary/aromatic N) is 3.